The predicted molar refractivity (Wildman–Crippen MR) is 65.6 cm³/mol. The van der Waals surface area contributed by atoms with Crippen molar-refractivity contribution in [2.75, 3.05) is 13.2 Å². The molecule has 2 aromatic rings. The number of nitrogens with zero attached hydrogens (tertiary/aromatic N) is 3. The molecule has 1 unspecified atom stereocenters. The molecule has 3 heterocycles. The Morgan fingerprint density at radius 2 is 2.44 bits per heavy atom. The molecule has 1 aliphatic rings. The average molecular weight is 245 g/mol. The molecule has 2 aromatic heterocycles. The highest BCUT2D eigenvalue weighted by molar-refractivity contribution is 5.76. The van der Waals surface area contributed by atoms with Crippen molar-refractivity contribution in [1.29, 1.82) is 0 Å². The summed E-state index contributed by atoms with van der Waals surface area (Å²) >= 11 is 0. The molecule has 1 fully saturated rings. The molecule has 0 radical (unpaired) electrons. The maximum Gasteiger partial charge on any atom is 0.161 e. The van der Waals surface area contributed by atoms with E-state index in [0.717, 1.165) is 43.8 Å². The summed E-state index contributed by atoms with van der Waals surface area (Å²) in [5.41, 5.74) is 1.36. The Balaban J connectivity index is 1.85. The third-order valence-electron chi connectivity index (χ3n) is 3.37. The van der Waals surface area contributed by atoms with Crippen LogP contribution < -0.4 is 0 Å². The van der Waals surface area contributed by atoms with E-state index >= 15 is 0 Å². The molecule has 1 aliphatic heterocycles. The molecule has 5 nitrogen and oxygen atoms in total. The van der Waals surface area contributed by atoms with Crippen LogP contribution in [-0.4, -0.2) is 34.1 Å². The highest BCUT2D eigenvalue weighted by atomic mass is 16.5. The number of pyridine rings is 1. The molecule has 0 amide bonds. The molecule has 1 atom stereocenters. The Morgan fingerprint density at radius 1 is 1.50 bits per heavy atom. The normalized spacial score (nSPS) is 20.1. The lowest BCUT2D eigenvalue weighted by Crippen LogP contribution is -2.20. The van der Waals surface area contributed by atoms with Gasteiger partial charge < -0.3 is 4.74 Å². The van der Waals surface area contributed by atoms with Crippen LogP contribution in [0.2, 0.25) is 0 Å². The first-order valence-corrected chi connectivity index (χ1v) is 6.23. The van der Waals surface area contributed by atoms with Crippen LogP contribution in [0.25, 0.3) is 5.65 Å². The van der Waals surface area contributed by atoms with Crippen LogP contribution in [0.15, 0.2) is 18.3 Å². The zero-order valence-corrected chi connectivity index (χ0v) is 10.1. The van der Waals surface area contributed by atoms with E-state index < -0.39 is 0 Å². The number of rotatable bonds is 3. The molecule has 0 saturated carbocycles. The zero-order valence-electron chi connectivity index (χ0n) is 10.1. The van der Waals surface area contributed by atoms with E-state index in [-0.39, 0.29) is 0 Å². The maximum absolute atomic E-state index is 10.7. The molecule has 0 aromatic carbocycles. The van der Waals surface area contributed by atoms with Gasteiger partial charge in [0.05, 0.1) is 0 Å². The average Bonchev–Trinajstić information content (AvgIpc) is 2.82. The number of carbonyl (C=O) groups excluding carboxylic acids is 1. The quantitative estimate of drug-likeness (QED) is 0.769. The fraction of sp³-hybridized carbons (Fsp3) is 0.462. The number of carbonyl (C=O) groups is 1. The van der Waals surface area contributed by atoms with Gasteiger partial charge in [0, 0.05) is 31.4 Å². The van der Waals surface area contributed by atoms with E-state index in [0.29, 0.717) is 11.5 Å². The highest BCUT2D eigenvalue weighted by Gasteiger charge is 2.17. The summed E-state index contributed by atoms with van der Waals surface area (Å²) in [6.45, 7) is 1.68. The van der Waals surface area contributed by atoms with Crippen LogP contribution in [-0.2, 0) is 11.2 Å². The smallest absolute Gasteiger partial charge is 0.161 e. The van der Waals surface area contributed by atoms with Gasteiger partial charge in [0.1, 0.15) is 12.1 Å². The predicted octanol–water partition coefficient (Wildman–Crippen LogP) is 1.51. The summed E-state index contributed by atoms with van der Waals surface area (Å²) in [6.07, 6.45) is 5.86. The summed E-state index contributed by atoms with van der Waals surface area (Å²) in [5.74, 6) is 1.47. The number of fused-ring (bicyclic) bond motifs is 1. The second-order valence-corrected chi connectivity index (χ2v) is 4.71. The highest BCUT2D eigenvalue weighted by Crippen LogP contribution is 2.18. The minimum Gasteiger partial charge on any atom is -0.381 e. The van der Waals surface area contributed by atoms with Crippen molar-refractivity contribution in [3.05, 3.63) is 29.7 Å². The second kappa shape index (κ2) is 4.86. The van der Waals surface area contributed by atoms with Gasteiger partial charge in [-0.1, -0.05) is 0 Å². The Bertz CT molecular complexity index is 558. The number of hydrogen-bond acceptors (Lipinski definition) is 4. The van der Waals surface area contributed by atoms with Crippen molar-refractivity contribution in [1.82, 2.24) is 14.6 Å². The van der Waals surface area contributed by atoms with E-state index in [1.54, 1.807) is 12.1 Å². The Morgan fingerprint density at radius 3 is 3.22 bits per heavy atom. The maximum atomic E-state index is 10.7. The minimum absolute atomic E-state index is 0.525. The first-order valence-electron chi connectivity index (χ1n) is 6.23. The number of aldehydes is 1. The van der Waals surface area contributed by atoms with Crippen LogP contribution in [0.3, 0.4) is 0 Å². The number of hydrogen-bond donors (Lipinski definition) is 0. The molecular weight excluding hydrogens is 230 g/mol. The van der Waals surface area contributed by atoms with Crippen LogP contribution in [0.1, 0.15) is 29.0 Å². The van der Waals surface area contributed by atoms with E-state index in [1.165, 1.54) is 6.42 Å². The second-order valence-electron chi connectivity index (χ2n) is 4.71. The summed E-state index contributed by atoms with van der Waals surface area (Å²) < 4.78 is 7.42. The van der Waals surface area contributed by atoms with Crippen LogP contribution in [0.4, 0.5) is 0 Å². The zero-order chi connectivity index (χ0) is 12.4. The molecule has 0 aliphatic carbocycles. The van der Waals surface area contributed by atoms with E-state index in [2.05, 4.69) is 10.2 Å². The Hall–Kier alpha value is -1.75. The largest absolute Gasteiger partial charge is 0.381 e. The standard InChI is InChI=1S/C13H15N3O2/c17-8-10-3-4-16-12(6-10)14-15-13(16)7-11-2-1-5-18-9-11/h3-4,6,8,11H,1-2,5,7,9H2. The van der Waals surface area contributed by atoms with Gasteiger partial charge in [-0.25, -0.2) is 0 Å². The molecule has 0 bridgehead atoms. The van der Waals surface area contributed by atoms with Crippen molar-refractivity contribution in [2.45, 2.75) is 19.3 Å². The fourth-order valence-corrected chi connectivity index (χ4v) is 2.40. The third-order valence-corrected chi connectivity index (χ3v) is 3.37. The van der Waals surface area contributed by atoms with E-state index in [1.807, 2.05) is 10.6 Å². The first-order chi connectivity index (χ1) is 8.86. The van der Waals surface area contributed by atoms with Crippen molar-refractivity contribution < 1.29 is 9.53 Å². The van der Waals surface area contributed by atoms with E-state index in [4.69, 9.17) is 4.74 Å². The Kier molecular flexibility index (Phi) is 3.06. The van der Waals surface area contributed by atoms with Crippen molar-refractivity contribution in [3.63, 3.8) is 0 Å². The van der Waals surface area contributed by atoms with Crippen molar-refractivity contribution in [3.8, 4) is 0 Å². The summed E-state index contributed by atoms with van der Waals surface area (Å²) in [7, 11) is 0. The van der Waals surface area contributed by atoms with Gasteiger partial charge in [-0.3, -0.25) is 9.20 Å². The molecule has 18 heavy (non-hydrogen) atoms. The van der Waals surface area contributed by atoms with Gasteiger partial charge >= 0.3 is 0 Å². The number of ether oxygens (including phenoxy) is 1. The fourth-order valence-electron chi connectivity index (χ4n) is 2.40. The first kappa shape index (κ1) is 11.3. The molecule has 1 saturated heterocycles. The molecule has 3 rings (SSSR count). The van der Waals surface area contributed by atoms with Gasteiger partial charge in [0.15, 0.2) is 5.65 Å². The van der Waals surface area contributed by atoms with Crippen LogP contribution in [0.5, 0.6) is 0 Å². The lowest BCUT2D eigenvalue weighted by molar-refractivity contribution is 0.0542. The van der Waals surface area contributed by atoms with Crippen molar-refractivity contribution >= 4 is 11.9 Å². The summed E-state index contributed by atoms with van der Waals surface area (Å²) in [4.78, 5) is 10.7. The molecule has 0 N–H and O–H groups in total. The van der Waals surface area contributed by atoms with E-state index in [9.17, 15) is 4.79 Å². The molecular formula is C13H15N3O2. The SMILES string of the molecule is O=Cc1ccn2c(CC3CCCOC3)nnc2c1. The van der Waals surface area contributed by atoms with Crippen molar-refractivity contribution in [2.24, 2.45) is 5.92 Å². The van der Waals surface area contributed by atoms with Crippen LogP contribution >= 0.6 is 0 Å². The molecule has 0 spiro atoms. The lowest BCUT2D eigenvalue weighted by atomic mass is 9.98. The minimum atomic E-state index is 0.525. The summed E-state index contributed by atoms with van der Waals surface area (Å²) in [5, 5.41) is 8.31. The Labute approximate surface area is 105 Å². The van der Waals surface area contributed by atoms with Crippen LogP contribution in [0, 0.1) is 5.92 Å². The molecule has 94 valence electrons. The van der Waals surface area contributed by atoms with Gasteiger partial charge in [0.2, 0.25) is 0 Å². The number of aromatic nitrogens is 3. The summed E-state index contributed by atoms with van der Waals surface area (Å²) in [6, 6.07) is 3.53. The van der Waals surface area contributed by atoms with Gasteiger partial charge in [-0.05, 0) is 30.9 Å². The van der Waals surface area contributed by atoms with Gasteiger partial charge in [0.25, 0.3) is 0 Å². The lowest BCUT2D eigenvalue weighted by Gasteiger charge is -2.20. The molecule has 5 heteroatoms. The van der Waals surface area contributed by atoms with Gasteiger partial charge in [-0.15, -0.1) is 10.2 Å². The van der Waals surface area contributed by atoms with Gasteiger partial charge in [-0.2, -0.15) is 0 Å². The monoisotopic (exact) mass is 245 g/mol. The third kappa shape index (κ3) is 2.13. The topological polar surface area (TPSA) is 56.5 Å².